The number of amides is 1. The second-order valence-electron chi connectivity index (χ2n) is 6.07. The van der Waals surface area contributed by atoms with E-state index in [1.54, 1.807) is 23.0 Å². The Labute approximate surface area is 165 Å². The number of rotatable bonds is 5. The van der Waals surface area contributed by atoms with E-state index in [1.807, 2.05) is 54.7 Å². The standard InChI is InChI=1S/C21H16N4O2S/c1-14(26)19-18(15-6-3-2-4-7-15)23-21(28-19)24-20(27)16-8-10-17(11-9-16)25-13-5-12-22-25/h2-13H,1H3,(H,23,24,27). The molecule has 0 aliphatic carbocycles. The van der Waals surface area contributed by atoms with E-state index in [-0.39, 0.29) is 11.7 Å². The van der Waals surface area contributed by atoms with E-state index in [0.29, 0.717) is 21.3 Å². The van der Waals surface area contributed by atoms with Gasteiger partial charge in [0.2, 0.25) is 0 Å². The number of ketones is 1. The Morgan fingerprint density at radius 2 is 1.75 bits per heavy atom. The molecule has 1 amide bonds. The molecule has 2 aromatic heterocycles. The normalized spacial score (nSPS) is 10.6. The number of Topliss-reactive ketones (excluding diaryl/α,β-unsaturated/α-hetero) is 1. The number of hydrogen-bond donors (Lipinski definition) is 1. The van der Waals surface area contributed by atoms with E-state index >= 15 is 0 Å². The Kier molecular flexibility index (Phi) is 4.82. The summed E-state index contributed by atoms with van der Waals surface area (Å²) in [5, 5.41) is 7.35. The van der Waals surface area contributed by atoms with Crippen LogP contribution < -0.4 is 5.32 Å². The molecule has 4 rings (SSSR count). The van der Waals surface area contributed by atoms with Gasteiger partial charge in [0.1, 0.15) is 0 Å². The van der Waals surface area contributed by atoms with E-state index in [1.165, 1.54) is 18.3 Å². The van der Waals surface area contributed by atoms with Crippen LogP contribution in [0.5, 0.6) is 0 Å². The SMILES string of the molecule is CC(=O)c1sc(NC(=O)c2ccc(-n3cccn3)cc2)nc1-c1ccccc1. The van der Waals surface area contributed by atoms with Crippen molar-refractivity contribution in [1.82, 2.24) is 14.8 Å². The van der Waals surface area contributed by atoms with E-state index in [2.05, 4.69) is 15.4 Å². The fourth-order valence-electron chi connectivity index (χ4n) is 2.76. The largest absolute Gasteiger partial charge is 0.298 e. The van der Waals surface area contributed by atoms with E-state index < -0.39 is 0 Å². The first-order valence-electron chi connectivity index (χ1n) is 8.60. The van der Waals surface area contributed by atoms with E-state index in [4.69, 9.17) is 0 Å². The number of hydrogen-bond acceptors (Lipinski definition) is 5. The number of aromatic nitrogens is 3. The summed E-state index contributed by atoms with van der Waals surface area (Å²) in [5.41, 5.74) is 2.79. The number of carbonyl (C=O) groups is 2. The third-order valence-corrected chi connectivity index (χ3v) is 5.18. The molecule has 0 radical (unpaired) electrons. The van der Waals surface area contributed by atoms with Gasteiger partial charge in [0.25, 0.3) is 5.91 Å². The first-order chi connectivity index (χ1) is 13.6. The molecule has 0 atom stereocenters. The molecule has 0 aliphatic heterocycles. The van der Waals surface area contributed by atoms with Crippen LogP contribution in [0.4, 0.5) is 5.13 Å². The Morgan fingerprint density at radius 1 is 1.00 bits per heavy atom. The van der Waals surface area contributed by atoms with Gasteiger partial charge in [-0.1, -0.05) is 41.7 Å². The van der Waals surface area contributed by atoms with Gasteiger partial charge in [0.05, 0.1) is 16.3 Å². The molecule has 0 fully saturated rings. The lowest BCUT2D eigenvalue weighted by molar-refractivity contribution is 0.101. The number of thiazole rings is 1. The van der Waals surface area contributed by atoms with Crippen LogP contribution in [-0.4, -0.2) is 26.5 Å². The summed E-state index contributed by atoms with van der Waals surface area (Å²) in [6, 6.07) is 18.4. The van der Waals surface area contributed by atoms with E-state index in [0.717, 1.165) is 11.3 Å². The number of benzene rings is 2. The van der Waals surface area contributed by atoms with Crippen LogP contribution in [0.15, 0.2) is 73.1 Å². The van der Waals surface area contributed by atoms with Crippen molar-refractivity contribution in [2.24, 2.45) is 0 Å². The van der Waals surface area contributed by atoms with Crippen molar-refractivity contribution in [3.05, 3.63) is 83.5 Å². The minimum Gasteiger partial charge on any atom is -0.298 e. The maximum Gasteiger partial charge on any atom is 0.257 e. The summed E-state index contributed by atoms with van der Waals surface area (Å²) in [7, 11) is 0. The molecule has 2 aromatic carbocycles. The van der Waals surface area contributed by atoms with Crippen molar-refractivity contribution in [1.29, 1.82) is 0 Å². The fourth-order valence-corrected chi connectivity index (χ4v) is 3.64. The molecular weight excluding hydrogens is 372 g/mol. The Hall–Kier alpha value is -3.58. The Morgan fingerprint density at radius 3 is 2.39 bits per heavy atom. The zero-order valence-electron chi connectivity index (χ0n) is 15.0. The van der Waals surface area contributed by atoms with Crippen molar-refractivity contribution in [2.75, 3.05) is 5.32 Å². The predicted molar refractivity (Wildman–Crippen MR) is 109 cm³/mol. The minimum absolute atomic E-state index is 0.0829. The van der Waals surface area contributed by atoms with Gasteiger partial charge in [-0.25, -0.2) is 9.67 Å². The maximum absolute atomic E-state index is 12.6. The molecule has 6 nitrogen and oxygen atoms in total. The Balaban J connectivity index is 1.57. The molecule has 28 heavy (non-hydrogen) atoms. The van der Waals surface area contributed by atoms with Crippen LogP contribution in [-0.2, 0) is 0 Å². The Bertz CT molecular complexity index is 1120. The van der Waals surface area contributed by atoms with Crippen LogP contribution in [0.25, 0.3) is 16.9 Å². The fraction of sp³-hybridized carbons (Fsp3) is 0.0476. The molecule has 0 unspecified atom stereocenters. The molecule has 0 aliphatic rings. The molecular formula is C21H16N4O2S. The first-order valence-corrected chi connectivity index (χ1v) is 9.42. The van der Waals surface area contributed by atoms with Crippen LogP contribution in [0.3, 0.4) is 0 Å². The lowest BCUT2D eigenvalue weighted by Crippen LogP contribution is -2.11. The van der Waals surface area contributed by atoms with Crippen LogP contribution in [0, 0.1) is 0 Å². The summed E-state index contributed by atoms with van der Waals surface area (Å²) in [6.45, 7) is 1.50. The number of carbonyl (C=O) groups excluding carboxylic acids is 2. The monoisotopic (exact) mass is 388 g/mol. The van der Waals surface area contributed by atoms with Crippen molar-refractivity contribution < 1.29 is 9.59 Å². The summed E-state index contributed by atoms with van der Waals surface area (Å²) >= 11 is 1.18. The molecule has 1 N–H and O–H groups in total. The quantitative estimate of drug-likeness (QED) is 0.513. The van der Waals surface area contributed by atoms with Crippen LogP contribution >= 0.6 is 11.3 Å². The highest BCUT2D eigenvalue weighted by Gasteiger charge is 2.18. The molecule has 138 valence electrons. The highest BCUT2D eigenvalue weighted by Crippen LogP contribution is 2.31. The van der Waals surface area contributed by atoms with Gasteiger partial charge >= 0.3 is 0 Å². The third-order valence-electron chi connectivity index (χ3n) is 4.11. The molecule has 7 heteroatoms. The lowest BCUT2D eigenvalue weighted by atomic mass is 10.1. The second-order valence-corrected chi connectivity index (χ2v) is 7.07. The number of nitrogens with zero attached hydrogens (tertiary/aromatic N) is 3. The number of anilines is 1. The molecule has 0 saturated heterocycles. The minimum atomic E-state index is -0.282. The van der Waals surface area contributed by atoms with Crippen LogP contribution in [0.2, 0.25) is 0 Å². The summed E-state index contributed by atoms with van der Waals surface area (Å²) in [4.78, 5) is 29.6. The first kappa shape index (κ1) is 17.8. The zero-order chi connectivity index (χ0) is 19.5. The second kappa shape index (κ2) is 7.58. The average molecular weight is 388 g/mol. The zero-order valence-corrected chi connectivity index (χ0v) is 15.8. The molecule has 2 heterocycles. The van der Waals surface area contributed by atoms with E-state index in [9.17, 15) is 9.59 Å². The summed E-state index contributed by atoms with van der Waals surface area (Å²) in [6.07, 6.45) is 3.53. The summed E-state index contributed by atoms with van der Waals surface area (Å²) < 4.78 is 1.72. The molecule has 0 saturated carbocycles. The highest BCUT2D eigenvalue weighted by molar-refractivity contribution is 7.18. The van der Waals surface area contributed by atoms with Gasteiger partial charge < -0.3 is 0 Å². The van der Waals surface area contributed by atoms with Crippen molar-refractivity contribution >= 4 is 28.2 Å². The van der Waals surface area contributed by atoms with Gasteiger partial charge in [-0.2, -0.15) is 5.10 Å². The van der Waals surface area contributed by atoms with Crippen molar-refractivity contribution in [3.63, 3.8) is 0 Å². The topological polar surface area (TPSA) is 76.9 Å². The van der Waals surface area contributed by atoms with Gasteiger partial charge in [0.15, 0.2) is 10.9 Å². The predicted octanol–water partition coefficient (Wildman–Crippen LogP) is 4.45. The van der Waals surface area contributed by atoms with Gasteiger partial charge in [0, 0.05) is 30.4 Å². The number of nitrogens with one attached hydrogen (secondary N) is 1. The molecule has 0 spiro atoms. The third kappa shape index (κ3) is 3.60. The highest BCUT2D eigenvalue weighted by atomic mass is 32.1. The van der Waals surface area contributed by atoms with Crippen LogP contribution in [0.1, 0.15) is 27.0 Å². The van der Waals surface area contributed by atoms with Crippen molar-refractivity contribution in [2.45, 2.75) is 6.92 Å². The molecule has 4 aromatic rings. The van der Waals surface area contributed by atoms with Gasteiger partial charge in [-0.3, -0.25) is 14.9 Å². The van der Waals surface area contributed by atoms with Crippen molar-refractivity contribution in [3.8, 4) is 16.9 Å². The smallest absolute Gasteiger partial charge is 0.257 e. The molecule has 0 bridgehead atoms. The van der Waals surface area contributed by atoms with Gasteiger partial charge in [-0.15, -0.1) is 0 Å². The van der Waals surface area contributed by atoms with Gasteiger partial charge in [-0.05, 0) is 30.3 Å². The maximum atomic E-state index is 12.6. The summed E-state index contributed by atoms with van der Waals surface area (Å²) in [5.74, 6) is -0.365. The lowest BCUT2D eigenvalue weighted by Gasteiger charge is -2.04. The average Bonchev–Trinajstić information content (AvgIpc) is 3.39.